The molecule has 1 N–H and O–H groups in total. The Kier molecular flexibility index (Phi) is 10.4. The fourth-order valence-electron chi connectivity index (χ4n) is 5.79. The largest absolute Gasteiger partial charge is 0.497 e. The lowest BCUT2D eigenvalue weighted by Crippen LogP contribution is -2.41. The van der Waals surface area contributed by atoms with E-state index in [-0.39, 0.29) is 12.3 Å². The maximum absolute atomic E-state index is 15.6. The number of aromatic nitrogens is 1. The van der Waals surface area contributed by atoms with Gasteiger partial charge in [-0.2, -0.15) is 0 Å². The van der Waals surface area contributed by atoms with Crippen molar-refractivity contribution in [3.8, 4) is 5.75 Å². The molecule has 4 rings (SSSR count). The molecule has 2 aromatic carbocycles. The first-order valence-electron chi connectivity index (χ1n) is 13.7. The molecule has 1 fully saturated rings. The number of benzene rings is 2. The number of likely N-dealkylation sites (tertiary alicyclic amines) is 1. The van der Waals surface area contributed by atoms with Crippen molar-refractivity contribution in [1.82, 2.24) is 9.88 Å². The lowest BCUT2D eigenvalue weighted by Gasteiger charge is -2.39. The summed E-state index contributed by atoms with van der Waals surface area (Å²) in [6, 6.07) is 15.3. The summed E-state index contributed by atoms with van der Waals surface area (Å²) in [5.41, 5.74) is 2.67. The van der Waals surface area contributed by atoms with E-state index in [9.17, 15) is 9.90 Å². The Morgan fingerprint density at radius 2 is 2.05 bits per heavy atom. The molecule has 5 nitrogen and oxygen atoms in total. The number of alkyl halides is 1. The summed E-state index contributed by atoms with van der Waals surface area (Å²) in [4.78, 5) is 18.2. The number of hydrogen-bond donors (Lipinski definition) is 1. The maximum Gasteiger partial charge on any atom is 0.303 e. The molecule has 0 radical (unpaired) electrons. The van der Waals surface area contributed by atoms with Gasteiger partial charge in [0.25, 0.3) is 0 Å². The van der Waals surface area contributed by atoms with Crippen LogP contribution in [0.1, 0.15) is 62.2 Å². The average molecular weight is 541 g/mol. The minimum atomic E-state index is -1.10. The average Bonchev–Trinajstić information content (AvgIpc) is 2.92. The van der Waals surface area contributed by atoms with Gasteiger partial charge < -0.3 is 14.7 Å². The van der Waals surface area contributed by atoms with Gasteiger partial charge in [-0.3, -0.25) is 9.78 Å². The van der Waals surface area contributed by atoms with Crippen LogP contribution < -0.4 is 4.74 Å². The monoisotopic (exact) mass is 540 g/mol. The van der Waals surface area contributed by atoms with Crippen LogP contribution in [0.4, 0.5) is 4.39 Å². The number of unbranched alkanes of at least 4 members (excludes halogenated alkanes) is 1. The number of halogens is 2. The second-order valence-corrected chi connectivity index (χ2v) is 10.9. The van der Waals surface area contributed by atoms with Crippen LogP contribution in [0.25, 0.3) is 10.9 Å². The molecule has 0 bridgehead atoms. The summed E-state index contributed by atoms with van der Waals surface area (Å²) in [6.45, 7) is 2.88. The fraction of sp³-hybridized carbons (Fsp3) is 0.484. The van der Waals surface area contributed by atoms with Gasteiger partial charge in [0, 0.05) is 29.6 Å². The Bertz CT molecular complexity index is 1210. The van der Waals surface area contributed by atoms with Crippen molar-refractivity contribution in [2.75, 3.05) is 26.7 Å². The highest BCUT2D eigenvalue weighted by molar-refractivity contribution is 6.30. The Labute approximate surface area is 230 Å². The predicted octanol–water partition coefficient (Wildman–Crippen LogP) is 7.51. The van der Waals surface area contributed by atoms with Crippen molar-refractivity contribution in [1.29, 1.82) is 0 Å². The van der Waals surface area contributed by atoms with Crippen molar-refractivity contribution in [3.63, 3.8) is 0 Å². The molecule has 3 aromatic rings. The molecule has 2 unspecified atom stereocenters. The van der Waals surface area contributed by atoms with Gasteiger partial charge in [0.1, 0.15) is 11.9 Å². The van der Waals surface area contributed by atoms with Crippen LogP contribution in [0.2, 0.25) is 5.02 Å². The van der Waals surface area contributed by atoms with Crippen molar-refractivity contribution in [3.05, 3.63) is 70.9 Å². The normalized spacial score (nSPS) is 18.9. The van der Waals surface area contributed by atoms with Gasteiger partial charge in [-0.25, -0.2) is 4.39 Å². The second-order valence-electron chi connectivity index (χ2n) is 10.5. The first-order valence-corrected chi connectivity index (χ1v) is 14.1. The van der Waals surface area contributed by atoms with E-state index in [0.717, 1.165) is 67.7 Å². The smallest absolute Gasteiger partial charge is 0.303 e. The summed E-state index contributed by atoms with van der Waals surface area (Å²) in [5.74, 6) is 0.530. The third-order valence-corrected chi connectivity index (χ3v) is 8.13. The number of ether oxygens (including phenoxy) is 1. The molecule has 0 aliphatic carbocycles. The Hall–Kier alpha value is -2.70. The number of hydrogen-bond acceptors (Lipinski definition) is 4. The van der Waals surface area contributed by atoms with E-state index in [1.807, 2.05) is 36.4 Å². The van der Waals surface area contributed by atoms with Crippen LogP contribution in [-0.4, -0.2) is 47.7 Å². The first-order chi connectivity index (χ1) is 18.4. The van der Waals surface area contributed by atoms with Gasteiger partial charge >= 0.3 is 5.97 Å². The quantitative estimate of drug-likeness (QED) is 0.227. The Morgan fingerprint density at radius 3 is 2.84 bits per heavy atom. The molecular formula is C31H38ClFN2O3. The molecule has 3 atom stereocenters. The standard InChI is InChI=1S/C31H38ClFN2O3/c1-38-26-10-12-30-28(20-26)27(14-16-34-30)29(33)11-8-23-15-18-35(21-24(23)9-13-31(36)37)17-3-2-5-22-6-4-7-25(32)19-22/h4,6-7,10,12,14,16,19-20,23-24,29H,2-3,5,8-9,11,13,15,17-18,21H2,1H3,(H,36,37)/t23?,24?,29-/m0/s1. The van der Waals surface area contributed by atoms with E-state index in [0.29, 0.717) is 30.1 Å². The molecule has 2 heterocycles. The minimum Gasteiger partial charge on any atom is -0.497 e. The number of fused-ring (bicyclic) bond motifs is 1. The minimum absolute atomic E-state index is 0.164. The number of piperidine rings is 1. The van der Waals surface area contributed by atoms with E-state index in [4.69, 9.17) is 16.3 Å². The van der Waals surface area contributed by atoms with Crippen LogP contribution in [0, 0.1) is 11.8 Å². The maximum atomic E-state index is 15.6. The van der Waals surface area contributed by atoms with Gasteiger partial charge in [-0.1, -0.05) is 23.7 Å². The zero-order valence-corrected chi connectivity index (χ0v) is 22.9. The van der Waals surface area contributed by atoms with E-state index in [1.165, 1.54) is 5.56 Å². The van der Waals surface area contributed by atoms with Crippen LogP contribution in [0.3, 0.4) is 0 Å². The van der Waals surface area contributed by atoms with E-state index in [1.54, 1.807) is 19.4 Å². The lowest BCUT2D eigenvalue weighted by atomic mass is 9.79. The molecule has 204 valence electrons. The highest BCUT2D eigenvalue weighted by atomic mass is 35.5. The molecule has 0 amide bonds. The molecule has 7 heteroatoms. The van der Waals surface area contributed by atoms with Gasteiger partial charge in [0.2, 0.25) is 0 Å². The molecule has 0 saturated carbocycles. The van der Waals surface area contributed by atoms with Crippen LogP contribution >= 0.6 is 11.6 Å². The Balaban J connectivity index is 1.32. The van der Waals surface area contributed by atoms with Crippen LogP contribution in [0.15, 0.2) is 54.7 Å². The number of nitrogens with zero attached hydrogens (tertiary/aromatic N) is 2. The van der Waals surface area contributed by atoms with Crippen molar-refractivity contribution in [2.24, 2.45) is 11.8 Å². The molecule has 0 spiro atoms. The highest BCUT2D eigenvalue weighted by Crippen LogP contribution is 2.36. The van der Waals surface area contributed by atoms with Crippen molar-refractivity contribution >= 4 is 28.5 Å². The number of aryl methyl sites for hydroxylation is 1. The van der Waals surface area contributed by atoms with Gasteiger partial charge in [0.05, 0.1) is 12.6 Å². The summed E-state index contributed by atoms with van der Waals surface area (Å²) in [7, 11) is 1.60. The van der Waals surface area contributed by atoms with Crippen LogP contribution in [-0.2, 0) is 11.2 Å². The molecule has 1 aliphatic rings. The zero-order chi connectivity index (χ0) is 26.9. The molecular weight excluding hydrogens is 503 g/mol. The van der Waals surface area contributed by atoms with Crippen LogP contribution in [0.5, 0.6) is 5.75 Å². The third-order valence-electron chi connectivity index (χ3n) is 7.89. The number of carbonyl (C=O) groups is 1. The summed E-state index contributed by atoms with van der Waals surface area (Å²) >= 11 is 6.10. The number of aliphatic carboxylic acids is 1. The second kappa shape index (κ2) is 13.9. The highest BCUT2D eigenvalue weighted by Gasteiger charge is 2.30. The molecule has 1 aromatic heterocycles. The number of methoxy groups -OCH3 is 1. The third kappa shape index (κ3) is 7.90. The zero-order valence-electron chi connectivity index (χ0n) is 22.1. The Morgan fingerprint density at radius 1 is 1.18 bits per heavy atom. The first kappa shape index (κ1) is 28.3. The SMILES string of the molecule is COc1ccc2nccc([C@@H](F)CCC3CCN(CCCCc4cccc(Cl)c4)CC3CCC(=O)O)c2c1. The summed E-state index contributed by atoms with van der Waals surface area (Å²) in [5, 5.41) is 10.9. The van der Waals surface area contributed by atoms with Gasteiger partial charge in [-0.15, -0.1) is 0 Å². The number of carboxylic acid groups (broad SMARTS) is 1. The fourth-order valence-corrected chi connectivity index (χ4v) is 6.01. The number of carboxylic acids is 1. The number of rotatable bonds is 13. The van der Waals surface area contributed by atoms with Gasteiger partial charge in [-0.05, 0) is 117 Å². The van der Waals surface area contributed by atoms with E-state index in [2.05, 4.69) is 16.0 Å². The van der Waals surface area contributed by atoms with Crippen molar-refractivity contribution < 1.29 is 19.0 Å². The van der Waals surface area contributed by atoms with Crippen molar-refractivity contribution in [2.45, 2.75) is 57.5 Å². The molecule has 38 heavy (non-hydrogen) atoms. The summed E-state index contributed by atoms with van der Waals surface area (Å²) in [6.07, 6.45) is 6.72. The topological polar surface area (TPSA) is 62.7 Å². The summed E-state index contributed by atoms with van der Waals surface area (Å²) < 4.78 is 20.9. The lowest BCUT2D eigenvalue weighted by molar-refractivity contribution is -0.137. The van der Waals surface area contributed by atoms with Gasteiger partial charge in [0.15, 0.2) is 0 Å². The van der Waals surface area contributed by atoms with E-state index >= 15 is 4.39 Å². The molecule has 1 aliphatic heterocycles. The number of pyridine rings is 1. The predicted molar refractivity (Wildman–Crippen MR) is 151 cm³/mol. The molecule has 1 saturated heterocycles. The van der Waals surface area contributed by atoms with E-state index < -0.39 is 12.1 Å².